The first-order valence-electron chi connectivity index (χ1n) is 6.72. The monoisotopic (exact) mass is 280 g/mol. The van der Waals surface area contributed by atoms with Crippen molar-refractivity contribution in [1.29, 1.82) is 0 Å². The topological polar surface area (TPSA) is 74.7 Å². The van der Waals surface area contributed by atoms with Gasteiger partial charge in [0.15, 0.2) is 5.82 Å². The summed E-state index contributed by atoms with van der Waals surface area (Å²) in [7, 11) is 0. The summed E-state index contributed by atoms with van der Waals surface area (Å²) in [6.45, 7) is 3.94. The lowest BCUT2D eigenvalue weighted by Gasteiger charge is -2.04. The van der Waals surface area contributed by atoms with Gasteiger partial charge >= 0.3 is 0 Å². The molecule has 2 N–H and O–H groups in total. The number of aryl methyl sites for hydroxylation is 2. The molecule has 0 saturated carbocycles. The molecule has 0 saturated heterocycles. The van der Waals surface area contributed by atoms with Crippen LogP contribution < -0.4 is 0 Å². The Labute approximate surface area is 122 Å². The third-order valence-electron chi connectivity index (χ3n) is 3.44. The van der Waals surface area contributed by atoms with Crippen LogP contribution in [0, 0.1) is 13.8 Å². The molecule has 0 atom stereocenters. The molecular weight excluding hydrogens is 264 g/mol. The predicted molar refractivity (Wildman–Crippen MR) is 80.4 cm³/mol. The third kappa shape index (κ3) is 2.68. The van der Waals surface area contributed by atoms with Crippen LogP contribution >= 0.6 is 0 Å². The largest absolute Gasteiger partial charge is 0.392 e. The van der Waals surface area contributed by atoms with Crippen molar-refractivity contribution in [3.8, 4) is 22.6 Å². The summed E-state index contributed by atoms with van der Waals surface area (Å²) in [6.07, 6.45) is 5.19. The van der Waals surface area contributed by atoms with Crippen LogP contribution in [0.2, 0.25) is 0 Å². The molecule has 5 nitrogen and oxygen atoms in total. The Balaban J connectivity index is 2.03. The summed E-state index contributed by atoms with van der Waals surface area (Å²) in [5.74, 6) is 0.762. The molecule has 0 aromatic carbocycles. The molecule has 0 radical (unpaired) electrons. The van der Waals surface area contributed by atoms with Crippen molar-refractivity contribution < 1.29 is 5.11 Å². The van der Waals surface area contributed by atoms with Crippen molar-refractivity contribution in [2.75, 3.05) is 0 Å². The zero-order chi connectivity index (χ0) is 14.8. The second kappa shape index (κ2) is 5.46. The molecule has 0 aliphatic carbocycles. The maximum Gasteiger partial charge on any atom is 0.156 e. The molecule has 3 heterocycles. The van der Waals surface area contributed by atoms with E-state index in [9.17, 15) is 5.11 Å². The maximum absolute atomic E-state index is 9.21. The Bertz CT molecular complexity index is 760. The minimum absolute atomic E-state index is 0.0185. The Morgan fingerprint density at radius 2 is 2.00 bits per heavy atom. The minimum atomic E-state index is -0.0185. The molecule has 0 unspecified atom stereocenters. The highest BCUT2D eigenvalue weighted by Crippen LogP contribution is 2.23. The molecule has 0 spiro atoms. The lowest BCUT2D eigenvalue weighted by atomic mass is 10.1. The molecule has 3 aromatic heterocycles. The van der Waals surface area contributed by atoms with E-state index in [4.69, 9.17) is 0 Å². The first-order chi connectivity index (χ1) is 10.2. The number of nitrogens with one attached hydrogen (secondary N) is 1. The van der Waals surface area contributed by atoms with E-state index >= 15 is 0 Å². The smallest absolute Gasteiger partial charge is 0.156 e. The Hall–Kier alpha value is -2.53. The number of H-pyrrole nitrogens is 1. The summed E-state index contributed by atoms with van der Waals surface area (Å²) in [6, 6.07) is 5.81. The molecule has 0 aliphatic rings. The normalized spacial score (nSPS) is 10.8. The highest BCUT2D eigenvalue weighted by Gasteiger charge is 2.08. The Morgan fingerprint density at radius 1 is 1.14 bits per heavy atom. The fourth-order valence-corrected chi connectivity index (χ4v) is 2.14. The average molecular weight is 280 g/mol. The fraction of sp³-hybridized carbons (Fsp3) is 0.188. The van der Waals surface area contributed by atoms with E-state index in [1.807, 2.05) is 32.0 Å². The number of imidazole rings is 1. The molecule has 106 valence electrons. The van der Waals surface area contributed by atoms with E-state index in [-0.39, 0.29) is 6.61 Å². The lowest BCUT2D eigenvalue weighted by molar-refractivity contribution is 0.281. The van der Waals surface area contributed by atoms with Crippen LogP contribution in [0.5, 0.6) is 0 Å². The molecule has 0 fully saturated rings. The summed E-state index contributed by atoms with van der Waals surface area (Å²) in [5.41, 5.74) is 5.54. The quantitative estimate of drug-likeness (QED) is 0.773. The molecule has 0 amide bonds. The van der Waals surface area contributed by atoms with Crippen LogP contribution in [0.3, 0.4) is 0 Å². The standard InChI is InChI=1S/C16H16N4O/c1-10-11(2)20-16(19-10)15-6-13(3-4-18-15)14-5-12(9-21)7-17-8-14/h3-8,21H,9H2,1-2H3,(H,19,20). The molecule has 3 aromatic rings. The van der Waals surface area contributed by atoms with Gasteiger partial charge in [-0.3, -0.25) is 9.97 Å². The van der Waals surface area contributed by atoms with Crippen LogP contribution in [0.15, 0.2) is 36.8 Å². The fourth-order valence-electron chi connectivity index (χ4n) is 2.14. The van der Waals surface area contributed by atoms with Gasteiger partial charge in [0.05, 0.1) is 12.3 Å². The number of aliphatic hydroxyl groups excluding tert-OH is 1. The van der Waals surface area contributed by atoms with E-state index in [1.54, 1.807) is 18.6 Å². The second-order valence-electron chi connectivity index (χ2n) is 4.97. The Kier molecular flexibility index (Phi) is 3.50. The maximum atomic E-state index is 9.21. The van der Waals surface area contributed by atoms with E-state index in [0.29, 0.717) is 0 Å². The number of aromatic nitrogens is 4. The number of aromatic amines is 1. The van der Waals surface area contributed by atoms with Gasteiger partial charge in [0.1, 0.15) is 5.69 Å². The van der Waals surface area contributed by atoms with Gasteiger partial charge in [-0.2, -0.15) is 0 Å². The molecule has 0 aliphatic heterocycles. The van der Waals surface area contributed by atoms with Crippen molar-refractivity contribution in [3.63, 3.8) is 0 Å². The van der Waals surface area contributed by atoms with Crippen LogP contribution in [-0.2, 0) is 6.61 Å². The molecule has 5 heteroatoms. The van der Waals surface area contributed by atoms with E-state index in [2.05, 4.69) is 19.9 Å². The molecule has 3 rings (SSSR count). The van der Waals surface area contributed by atoms with Crippen molar-refractivity contribution in [1.82, 2.24) is 19.9 Å². The summed E-state index contributed by atoms with van der Waals surface area (Å²) in [4.78, 5) is 16.2. The van der Waals surface area contributed by atoms with Crippen molar-refractivity contribution in [2.45, 2.75) is 20.5 Å². The minimum Gasteiger partial charge on any atom is -0.392 e. The first kappa shape index (κ1) is 13.5. The summed E-state index contributed by atoms with van der Waals surface area (Å²) >= 11 is 0. The highest BCUT2D eigenvalue weighted by molar-refractivity contribution is 5.67. The number of rotatable bonds is 3. The van der Waals surface area contributed by atoms with Gasteiger partial charge in [-0.25, -0.2) is 4.98 Å². The zero-order valence-electron chi connectivity index (χ0n) is 12.0. The van der Waals surface area contributed by atoms with Crippen molar-refractivity contribution in [3.05, 3.63) is 53.7 Å². The van der Waals surface area contributed by atoms with Crippen LogP contribution in [0.25, 0.3) is 22.6 Å². The van der Waals surface area contributed by atoms with E-state index in [1.165, 1.54) is 0 Å². The molecular formula is C16H16N4O. The molecule has 21 heavy (non-hydrogen) atoms. The van der Waals surface area contributed by atoms with Crippen LogP contribution in [-0.4, -0.2) is 25.0 Å². The first-order valence-corrected chi connectivity index (χ1v) is 6.72. The van der Waals surface area contributed by atoms with Gasteiger partial charge in [0.25, 0.3) is 0 Å². The van der Waals surface area contributed by atoms with Gasteiger partial charge in [-0.05, 0) is 43.2 Å². The van der Waals surface area contributed by atoms with Crippen LogP contribution in [0.4, 0.5) is 0 Å². The van der Waals surface area contributed by atoms with E-state index in [0.717, 1.165) is 39.6 Å². The number of nitrogens with zero attached hydrogens (tertiary/aromatic N) is 3. The van der Waals surface area contributed by atoms with Gasteiger partial charge in [-0.15, -0.1) is 0 Å². The number of pyridine rings is 2. The SMILES string of the molecule is Cc1nc(-c2cc(-c3cncc(CO)c3)ccn2)[nH]c1C. The molecule has 0 bridgehead atoms. The zero-order valence-corrected chi connectivity index (χ0v) is 12.0. The van der Waals surface area contributed by atoms with Gasteiger partial charge in [0, 0.05) is 29.8 Å². The average Bonchev–Trinajstić information content (AvgIpc) is 2.87. The predicted octanol–water partition coefficient (Wildman–Crippen LogP) is 2.64. The third-order valence-corrected chi connectivity index (χ3v) is 3.44. The second-order valence-corrected chi connectivity index (χ2v) is 4.97. The Morgan fingerprint density at radius 3 is 2.71 bits per heavy atom. The van der Waals surface area contributed by atoms with Crippen molar-refractivity contribution >= 4 is 0 Å². The number of hydrogen-bond donors (Lipinski definition) is 2. The summed E-state index contributed by atoms with van der Waals surface area (Å²) < 4.78 is 0. The number of aliphatic hydroxyl groups is 1. The van der Waals surface area contributed by atoms with Gasteiger partial charge in [0.2, 0.25) is 0 Å². The highest BCUT2D eigenvalue weighted by atomic mass is 16.3. The summed E-state index contributed by atoms with van der Waals surface area (Å²) in [5, 5.41) is 9.21. The van der Waals surface area contributed by atoms with Crippen molar-refractivity contribution in [2.24, 2.45) is 0 Å². The van der Waals surface area contributed by atoms with Gasteiger partial charge < -0.3 is 10.1 Å². The lowest BCUT2D eigenvalue weighted by Crippen LogP contribution is -1.90. The van der Waals surface area contributed by atoms with E-state index < -0.39 is 0 Å². The van der Waals surface area contributed by atoms with Gasteiger partial charge in [-0.1, -0.05) is 0 Å². The van der Waals surface area contributed by atoms with Crippen LogP contribution in [0.1, 0.15) is 17.0 Å². The number of hydrogen-bond acceptors (Lipinski definition) is 4.